The molecule has 1 aliphatic heterocycles. The molecule has 168 valence electrons. The van der Waals surface area contributed by atoms with Gasteiger partial charge in [0, 0.05) is 17.8 Å². The van der Waals surface area contributed by atoms with Crippen LogP contribution in [0.2, 0.25) is 0 Å². The zero-order valence-corrected chi connectivity index (χ0v) is 18.4. The minimum atomic E-state index is -0.914. The van der Waals surface area contributed by atoms with Crippen LogP contribution in [0.1, 0.15) is 22.3 Å². The van der Waals surface area contributed by atoms with Gasteiger partial charge in [-0.05, 0) is 61.1 Å². The van der Waals surface area contributed by atoms with Crippen LogP contribution in [0.15, 0.2) is 66.7 Å². The molecule has 0 bridgehead atoms. The van der Waals surface area contributed by atoms with E-state index in [0.29, 0.717) is 33.6 Å². The standard InChI is InChI=1S/C26H24FN3O3/c1-30(2)15-17-5-10-20(11-6-17)28-25(18-7-3-16(4-8-18)13-23(31)32)24-21-12-9-19(27)14-22(21)29-26(24)33/h3-12,14,28H,13,15H2,1-2H3,(H,29,33)(H,31,32)/b25-24-. The first kappa shape index (κ1) is 22.2. The van der Waals surface area contributed by atoms with E-state index < -0.39 is 11.8 Å². The number of nitrogens with zero attached hydrogens (tertiary/aromatic N) is 1. The highest BCUT2D eigenvalue weighted by atomic mass is 19.1. The number of hydrogen-bond donors (Lipinski definition) is 3. The Bertz CT molecular complexity index is 1230. The van der Waals surface area contributed by atoms with Gasteiger partial charge in [0.2, 0.25) is 0 Å². The van der Waals surface area contributed by atoms with E-state index in [4.69, 9.17) is 5.11 Å². The van der Waals surface area contributed by atoms with E-state index in [1.807, 2.05) is 38.4 Å². The van der Waals surface area contributed by atoms with Crippen LogP contribution in [0.25, 0.3) is 11.3 Å². The van der Waals surface area contributed by atoms with E-state index in [1.54, 1.807) is 30.3 Å². The molecule has 3 N–H and O–H groups in total. The Kier molecular flexibility index (Phi) is 6.24. The number of carbonyl (C=O) groups excluding carboxylic acids is 1. The molecule has 0 saturated carbocycles. The quantitative estimate of drug-likeness (QED) is 0.468. The van der Waals surface area contributed by atoms with Gasteiger partial charge < -0.3 is 20.6 Å². The average Bonchev–Trinajstić information content (AvgIpc) is 3.07. The van der Waals surface area contributed by atoms with Crippen molar-refractivity contribution in [2.24, 2.45) is 0 Å². The third kappa shape index (κ3) is 5.10. The maximum Gasteiger partial charge on any atom is 0.307 e. The summed E-state index contributed by atoms with van der Waals surface area (Å²) in [4.78, 5) is 26.0. The van der Waals surface area contributed by atoms with Gasteiger partial charge in [0.1, 0.15) is 5.82 Å². The molecule has 6 nitrogen and oxygen atoms in total. The van der Waals surface area contributed by atoms with Gasteiger partial charge in [-0.1, -0.05) is 36.4 Å². The van der Waals surface area contributed by atoms with Gasteiger partial charge in [0.15, 0.2) is 0 Å². The van der Waals surface area contributed by atoms with E-state index in [1.165, 1.54) is 12.1 Å². The Hall–Kier alpha value is -3.97. The fraction of sp³-hybridized carbons (Fsp3) is 0.154. The van der Waals surface area contributed by atoms with Crippen LogP contribution >= 0.6 is 0 Å². The molecule has 0 aromatic heterocycles. The molecular weight excluding hydrogens is 421 g/mol. The van der Waals surface area contributed by atoms with Gasteiger partial charge in [0.05, 0.1) is 23.4 Å². The van der Waals surface area contributed by atoms with Gasteiger partial charge in [-0.3, -0.25) is 9.59 Å². The maximum absolute atomic E-state index is 13.7. The van der Waals surface area contributed by atoms with Crippen LogP contribution in [0.5, 0.6) is 0 Å². The lowest BCUT2D eigenvalue weighted by molar-refractivity contribution is -0.136. The van der Waals surface area contributed by atoms with Crippen molar-refractivity contribution in [3.05, 3.63) is 94.8 Å². The molecule has 1 heterocycles. The molecule has 4 rings (SSSR count). The molecule has 3 aromatic carbocycles. The fourth-order valence-electron chi connectivity index (χ4n) is 3.84. The highest BCUT2D eigenvalue weighted by molar-refractivity contribution is 6.37. The number of benzene rings is 3. The number of halogens is 1. The number of hydrogen-bond acceptors (Lipinski definition) is 4. The Balaban J connectivity index is 1.77. The molecule has 33 heavy (non-hydrogen) atoms. The summed E-state index contributed by atoms with van der Waals surface area (Å²) in [6, 6.07) is 19.1. The van der Waals surface area contributed by atoms with Crippen LogP contribution in [-0.4, -0.2) is 36.0 Å². The molecule has 7 heteroatoms. The van der Waals surface area contributed by atoms with Crippen molar-refractivity contribution in [2.75, 3.05) is 24.7 Å². The predicted molar refractivity (Wildman–Crippen MR) is 127 cm³/mol. The third-order valence-corrected chi connectivity index (χ3v) is 5.30. The SMILES string of the molecule is CN(C)Cc1ccc(N/C(=C2\C(=O)Nc3cc(F)ccc32)c2ccc(CC(=O)O)cc2)cc1. The number of aliphatic carboxylic acids is 1. The van der Waals surface area contributed by atoms with Crippen LogP contribution in [0, 0.1) is 5.82 Å². The molecule has 0 spiro atoms. The van der Waals surface area contributed by atoms with Crippen molar-refractivity contribution >= 4 is 34.5 Å². The zero-order chi connectivity index (χ0) is 23.5. The number of fused-ring (bicyclic) bond motifs is 1. The van der Waals surface area contributed by atoms with Crippen LogP contribution in [0.3, 0.4) is 0 Å². The molecule has 0 aliphatic carbocycles. The summed E-state index contributed by atoms with van der Waals surface area (Å²) < 4.78 is 13.7. The topological polar surface area (TPSA) is 81.7 Å². The molecular formula is C26H24FN3O3. The molecule has 0 saturated heterocycles. The first-order valence-electron chi connectivity index (χ1n) is 10.5. The second-order valence-electron chi connectivity index (χ2n) is 8.22. The number of rotatable bonds is 7. The normalized spacial score (nSPS) is 14.1. The maximum atomic E-state index is 13.7. The smallest absolute Gasteiger partial charge is 0.307 e. The molecule has 0 unspecified atom stereocenters. The van der Waals surface area contributed by atoms with Crippen molar-refractivity contribution in [3.63, 3.8) is 0 Å². The summed E-state index contributed by atoms with van der Waals surface area (Å²) in [6.07, 6.45) is -0.0878. The van der Waals surface area contributed by atoms with Gasteiger partial charge in [0.25, 0.3) is 5.91 Å². The highest BCUT2D eigenvalue weighted by Gasteiger charge is 2.28. The van der Waals surface area contributed by atoms with Gasteiger partial charge in [-0.2, -0.15) is 0 Å². The lowest BCUT2D eigenvalue weighted by atomic mass is 9.98. The van der Waals surface area contributed by atoms with E-state index in [2.05, 4.69) is 15.5 Å². The van der Waals surface area contributed by atoms with Crippen LogP contribution in [0.4, 0.5) is 15.8 Å². The fourth-order valence-corrected chi connectivity index (χ4v) is 3.84. The van der Waals surface area contributed by atoms with Crippen LogP contribution in [-0.2, 0) is 22.6 Å². The van der Waals surface area contributed by atoms with Crippen LogP contribution < -0.4 is 10.6 Å². The first-order valence-corrected chi connectivity index (χ1v) is 10.5. The zero-order valence-electron chi connectivity index (χ0n) is 18.4. The highest BCUT2D eigenvalue weighted by Crippen LogP contribution is 2.38. The summed E-state index contributed by atoms with van der Waals surface area (Å²) in [7, 11) is 4.00. The second-order valence-corrected chi connectivity index (χ2v) is 8.22. The minimum absolute atomic E-state index is 0.0878. The third-order valence-electron chi connectivity index (χ3n) is 5.30. The lowest BCUT2D eigenvalue weighted by Gasteiger charge is -2.16. The number of carboxylic acids is 1. The summed E-state index contributed by atoms with van der Waals surface area (Å²) >= 11 is 0. The Labute approximate surface area is 191 Å². The summed E-state index contributed by atoms with van der Waals surface area (Å²) in [5.41, 5.74) is 5.27. The first-order chi connectivity index (χ1) is 15.8. The Morgan fingerprint density at radius 2 is 1.67 bits per heavy atom. The van der Waals surface area contributed by atoms with E-state index in [9.17, 15) is 14.0 Å². The van der Waals surface area contributed by atoms with E-state index >= 15 is 0 Å². The molecule has 1 amide bonds. The van der Waals surface area contributed by atoms with Crippen molar-refractivity contribution < 1.29 is 19.1 Å². The Morgan fingerprint density at radius 3 is 2.30 bits per heavy atom. The van der Waals surface area contributed by atoms with E-state index in [-0.39, 0.29) is 12.3 Å². The minimum Gasteiger partial charge on any atom is -0.481 e. The van der Waals surface area contributed by atoms with Crippen molar-refractivity contribution in [3.8, 4) is 0 Å². The molecule has 0 atom stereocenters. The summed E-state index contributed by atoms with van der Waals surface area (Å²) in [5.74, 6) is -1.68. The number of nitrogens with one attached hydrogen (secondary N) is 2. The summed E-state index contributed by atoms with van der Waals surface area (Å²) in [6.45, 7) is 0.806. The number of carboxylic acid groups (broad SMARTS) is 1. The van der Waals surface area contributed by atoms with Gasteiger partial charge >= 0.3 is 5.97 Å². The second kappa shape index (κ2) is 9.26. The molecule has 3 aromatic rings. The molecule has 1 aliphatic rings. The van der Waals surface area contributed by atoms with Gasteiger partial charge in [-0.15, -0.1) is 0 Å². The predicted octanol–water partition coefficient (Wildman–Crippen LogP) is 4.45. The average molecular weight is 445 g/mol. The monoisotopic (exact) mass is 445 g/mol. The van der Waals surface area contributed by atoms with Crippen molar-refractivity contribution in [1.82, 2.24) is 4.90 Å². The Morgan fingerprint density at radius 1 is 1.00 bits per heavy atom. The number of anilines is 2. The summed E-state index contributed by atoms with van der Waals surface area (Å²) in [5, 5.41) is 15.1. The van der Waals surface area contributed by atoms with Crippen molar-refractivity contribution in [1.29, 1.82) is 0 Å². The molecule has 0 fully saturated rings. The van der Waals surface area contributed by atoms with Crippen molar-refractivity contribution in [2.45, 2.75) is 13.0 Å². The number of amides is 1. The largest absolute Gasteiger partial charge is 0.481 e. The van der Waals surface area contributed by atoms with Gasteiger partial charge in [-0.25, -0.2) is 4.39 Å². The number of carbonyl (C=O) groups is 2. The van der Waals surface area contributed by atoms with E-state index in [0.717, 1.165) is 17.8 Å². The molecule has 0 radical (unpaired) electrons. The lowest BCUT2D eigenvalue weighted by Crippen LogP contribution is -2.11.